The summed E-state index contributed by atoms with van der Waals surface area (Å²) in [6, 6.07) is -0.253. The number of carbonyl (C=O) groups excluding carboxylic acids is 1. The van der Waals surface area contributed by atoms with Crippen molar-refractivity contribution in [1.82, 2.24) is 15.3 Å². The third kappa shape index (κ3) is 3.92. The zero-order chi connectivity index (χ0) is 12.3. The molecule has 1 heterocycles. The Bertz CT molecular complexity index is 362. The molecule has 2 amide bonds. The van der Waals surface area contributed by atoms with Crippen LogP contribution in [-0.2, 0) is 0 Å². The average molecular weight is 224 g/mol. The van der Waals surface area contributed by atoms with Gasteiger partial charge in [-0.05, 0) is 26.7 Å². The quantitative estimate of drug-likeness (QED) is 0.722. The van der Waals surface area contributed by atoms with E-state index in [1.165, 1.54) is 0 Å². The minimum atomic E-state index is -0.253. The van der Waals surface area contributed by atoms with Gasteiger partial charge in [-0.15, -0.1) is 0 Å². The Morgan fingerprint density at radius 1 is 1.44 bits per heavy atom. The van der Waals surface area contributed by atoms with E-state index in [0.717, 1.165) is 5.69 Å². The molecule has 0 spiro atoms. The molecule has 0 saturated carbocycles. The van der Waals surface area contributed by atoms with Crippen molar-refractivity contribution in [3.63, 3.8) is 0 Å². The minimum absolute atomic E-state index is 0.252. The largest absolute Gasteiger partial charge is 0.333 e. The van der Waals surface area contributed by atoms with Gasteiger partial charge in [0.05, 0.1) is 6.20 Å². The molecule has 0 aliphatic heterocycles. The summed E-state index contributed by atoms with van der Waals surface area (Å²) in [5.41, 5.74) is 0.753. The number of amides is 2. The van der Waals surface area contributed by atoms with E-state index in [1.807, 2.05) is 20.8 Å². The number of urea groups is 1. The number of aromatic nitrogens is 2. The SMILES string of the molecule is CC(C)c1cnc(NC(=O)NC(C)(C)C)[nH]1. The molecule has 0 atom stereocenters. The topological polar surface area (TPSA) is 69.8 Å². The van der Waals surface area contributed by atoms with Gasteiger partial charge in [-0.25, -0.2) is 9.78 Å². The van der Waals surface area contributed by atoms with Crippen LogP contribution in [0.5, 0.6) is 0 Å². The average Bonchev–Trinajstić information content (AvgIpc) is 2.48. The number of carbonyl (C=O) groups is 1. The monoisotopic (exact) mass is 224 g/mol. The molecule has 5 nitrogen and oxygen atoms in total. The second kappa shape index (κ2) is 4.55. The summed E-state index contributed by atoms with van der Waals surface area (Å²) in [5.74, 6) is 0.846. The van der Waals surface area contributed by atoms with Crippen molar-refractivity contribution in [1.29, 1.82) is 0 Å². The van der Waals surface area contributed by atoms with Gasteiger partial charge in [0.25, 0.3) is 0 Å². The first kappa shape index (κ1) is 12.5. The summed E-state index contributed by atoms with van der Waals surface area (Å²) in [5, 5.41) is 5.45. The van der Waals surface area contributed by atoms with Crippen LogP contribution in [-0.4, -0.2) is 21.5 Å². The molecular formula is C11H20N4O. The van der Waals surface area contributed by atoms with Crippen molar-refractivity contribution in [3.8, 4) is 0 Å². The molecule has 0 fully saturated rings. The fraction of sp³-hybridized carbons (Fsp3) is 0.636. The van der Waals surface area contributed by atoms with E-state index in [2.05, 4.69) is 34.4 Å². The Balaban J connectivity index is 2.57. The Morgan fingerprint density at radius 3 is 2.50 bits per heavy atom. The molecule has 0 radical (unpaired) electrons. The summed E-state index contributed by atoms with van der Waals surface area (Å²) >= 11 is 0. The number of H-pyrrole nitrogens is 1. The van der Waals surface area contributed by atoms with Crippen LogP contribution in [0.4, 0.5) is 10.7 Å². The highest BCUT2D eigenvalue weighted by molar-refractivity contribution is 5.87. The zero-order valence-corrected chi connectivity index (χ0v) is 10.5. The third-order valence-corrected chi connectivity index (χ3v) is 1.94. The number of nitrogens with one attached hydrogen (secondary N) is 3. The first-order valence-corrected chi connectivity index (χ1v) is 5.42. The molecule has 0 saturated heterocycles. The van der Waals surface area contributed by atoms with Crippen LogP contribution in [0.25, 0.3) is 0 Å². The van der Waals surface area contributed by atoms with Gasteiger partial charge in [0.15, 0.2) is 0 Å². The van der Waals surface area contributed by atoms with Gasteiger partial charge >= 0.3 is 6.03 Å². The van der Waals surface area contributed by atoms with Crippen molar-refractivity contribution in [2.24, 2.45) is 0 Å². The molecule has 0 aliphatic rings. The highest BCUT2D eigenvalue weighted by atomic mass is 16.2. The van der Waals surface area contributed by atoms with Crippen LogP contribution in [0.1, 0.15) is 46.2 Å². The first-order valence-electron chi connectivity index (χ1n) is 5.42. The number of rotatable bonds is 2. The molecule has 0 unspecified atom stereocenters. The van der Waals surface area contributed by atoms with E-state index in [0.29, 0.717) is 11.9 Å². The zero-order valence-electron chi connectivity index (χ0n) is 10.5. The van der Waals surface area contributed by atoms with Crippen LogP contribution in [0.15, 0.2) is 6.20 Å². The lowest BCUT2D eigenvalue weighted by atomic mass is 10.1. The molecule has 5 heteroatoms. The summed E-state index contributed by atoms with van der Waals surface area (Å²) < 4.78 is 0. The number of imidazole rings is 1. The maximum absolute atomic E-state index is 11.5. The smallest absolute Gasteiger partial charge is 0.321 e. The summed E-state index contributed by atoms with van der Waals surface area (Å²) in [6.07, 6.45) is 1.73. The highest BCUT2D eigenvalue weighted by Crippen LogP contribution is 2.13. The molecule has 1 aromatic heterocycles. The van der Waals surface area contributed by atoms with Gasteiger partial charge in [-0.2, -0.15) is 0 Å². The molecule has 0 bridgehead atoms. The van der Waals surface area contributed by atoms with Crippen molar-refractivity contribution in [2.75, 3.05) is 5.32 Å². The van der Waals surface area contributed by atoms with Crippen molar-refractivity contribution in [3.05, 3.63) is 11.9 Å². The van der Waals surface area contributed by atoms with E-state index >= 15 is 0 Å². The molecule has 1 rings (SSSR count). The second-order valence-electron chi connectivity index (χ2n) is 5.17. The van der Waals surface area contributed by atoms with Crippen LogP contribution < -0.4 is 10.6 Å². The molecule has 16 heavy (non-hydrogen) atoms. The Labute approximate surface area is 96.0 Å². The van der Waals surface area contributed by atoms with Crippen LogP contribution >= 0.6 is 0 Å². The van der Waals surface area contributed by atoms with Crippen molar-refractivity contribution < 1.29 is 4.79 Å². The predicted molar refractivity (Wildman–Crippen MR) is 64.6 cm³/mol. The lowest BCUT2D eigenvalue weighted by molar-refractivity contribution is 0.243. The van der Waals surface area contributed by atoms with Crippen LogP contribution in [0, 0.1) is 0 Å². The van der Waals surface area contributed by atoms with Crippen molar-refractivity contribution in [2.45, 2.75) is 46.1 Å². The second-order valence-corrected chi connectivity index (χ2v) is 5.17. The first-order chi connectivity index (χ1) is 7.28. The summed E-state index contributed by atoms with van der Waals surface area (Å²) in [6.45, 7) is 9.90. The van der Waals surface area contributed by atoms with Crippen molar-refractivity contribution >= 4 is 12.0 Å². The molecular weight excluding hydrogens is 204 g/mol. The van der Waals surface area contributed by atoms with Gasteiger partial charge < -0.3 is 10.3 Å². The standard InChI is InChI=1S/C11H20N4O/c1-7(2)8-6-12-9(13-8)14-10(16)15-11(3,4)5/h6-7H,1-5H3,(H3,12,13,14,15,16). The summed E-state index contributed by atoms with van der Waals surface area (Å²) in [4.78, 5) is 18.7. The maximum atomic E-state index is 11.5. The number of hydrogen-bond donors (Lipinski definition) is 3. The van der Waals surface area contributed by atoms with Gasteiger partial charge in [-0.1, -0.05) is 13.8 Å². The lowest BCUT2D eigenvalue weighted by Gasteiger charge is -2.20. The molecule has 1 aromatic rings. The Hall–Kier alpha value is -1.52. The molecule has 3 N–H and O–H groups in total. The van der Waals surface area contributed by atoms with Crippen LogP contribution in [0.2, 0.25) is 0 Å². The third-order valence-electron chi connectivity index (χ3n) is 1.94. The molecule has 0 aromatic carbocycles. The van der Waals surface area contributed by atoms with Gasteiger partial charge in [-0.3, -0.25) is 5.32 Å². The van der Waals surface area contributed by atoms with Gasteiger partial charge in [0, 0.05) is 11.2 Å². The summed E-state index contributed by atoms with van der Waals surface area (Å²) in [7, 11) is 0. The predicted octanol–water partition coefficient (Wildman–Crippen LogP) is 2.45. The van der Waals surface area contributed by atoms with Gasteiger partial charge in [0.1, 0.15) is 0 Å². The van der Waals surface area contributed by atoms with E-state index < -0.39 is 0 Å². The maximum Gasteiger partial charge on any atom is 0.321 e. The van der Waals surface area contributed by atoms with E-state index in [1.54, 1.807) is 6.20 Å². The number of anilines is 1. The van der Waals surface area contributed by atoms with Crippen LogP contribution in [0.3, 0.4) is 0 Å². The van der Waals surface area contributed by atoms with E-state index in [4.69, 9.17) is 0 Å². The normalized spacial score (nSPS) is 11.6. The highest BCUT2D eigenvalue weighted by Gasteiger charge is 2.14. The minimum Gasteiger partial charge on any atom is -0.333 e. The van der Waals surface area contributed by atoms with E-state index in [9.17, 15) is 4.79 Å². The van der Waals surface area contributed by atoms with E-state index in [-0.39, 0.29) is 11.6 Å². The lowest BCUT2D eigenvalue weighted by Crippen LogP contribution is -2.43. The number of aromatic amines is 1. The Morgan fingerprint density at radius 2 is 2.06 bits per heavy atom. The fourth-order valence-corrected chi connectivity index (χ4v) is 1.17. The fourth-order valence-electron chi connectivity index (χ4n) is 1.17. The molecule has 90 valence electrons. The van der Waals surface area contributed by atoms with Gasteiger partial charge in [0.2, 0.25) is 5.95 Å². The molecule has 0 aliphatic carbocycles. The number of hydrogen-bond acceptors (Lipinski definition) is 2. The Kier molecular flexibility index (Phi) is 3.57. The number of nitrogens with zero attached hydrogens (tertiary/aromatic N) is 1.